The highest BCUT2D eigenvalue weighted by molar-refractivity contribution is 9.10. The normalized spacial score (nSPS) is 11.0. The predicted molar refractivity (Wildman–Crippen MR) is 111 cm³/mol. The van der Waals surface area contributed by atoms with E-state index in [0.29, 0.717) is 22.9 Å². The molecule has 4 aromatic rings. The third-order valence-electron chi connectivity index (χ3n) is 4.39. The number of amides is 2. The smallest absolute Gasteiger partial charge is 0.305 e. The second kappa shape index (κ2) is 7.51. The van der Waals surface area contributed by atoms with Gasteiger partial charge in [0.05, 0.1) is 9.86 Å². The largest absolute Gasteiger partial charge is 0.450 e. The van der Waals surface area contributed by atoms with Crippen LogP contribution in [0.3, 0.4) is 0 Å². The van der Waals surface area contributed by atoms with Crippen LogP contribution >= 0.6 is 15.9 Å². The Hall–Kier alpha value is -3.46. The third kappa shape index (κ3) is 3.40. The van der Waals surface area contributed by atoms with Crippen molar-refractivity contribution in [2.75, 3.05) is 0 Å². The lowest BCUT2D eigenvalue weighted by molar-refractivity contribution is 0.0829. The number of nitrogens with one attached hydrogen (secondary N) is 2. The fourth-order valence-electron chi connectivity index (χ4n) is 2.99. The zero-order chi connectivity index (χ0) is 20.5. The molecule has 0 radical (unpaired) electrons. The molecule has 0 saturated heterocycles. The minimum atomic E-state index is -0.644. The summed E-state index contributed by atoms with van der Waals surface area (Å²) in [7, 11) is 0. The first kappa shape index (κ1) is 18.9. The van der Waals surface area contributed by atoms with Crippen molar-refractivity contribution in [3.8, 4) is 0 Å². The second-order valence-corrected chi connectivity index (χ2v) is 7.05. The first-order chi connectivity index (χ1) is 14.0. The number of carbonyl (C=O) groups excluding carboxylic acids is 2. The maximum Gasteiger partial charge on any atom is 0.305 e. The molecular weight excluding hydrogens is 440 g/mol. The van der Waals surface area contributed by atoms with Gasteiger partial charge in [-0.15, -0.1) is 0 Å². The third-order valence-corrected chi connectivity index (χ3v) is 5.02. The van der Waals surface area contributed by atoms with E-state index in [1.165, 1.54) is 4.68 Å². The van der Waals surface area contributed by atoms with Gasteiger partial charge in [0.2, 0.25) is 0 Å². The molecule has 4 rings (SSSR count). The predicted octanol–water partition coefficient (Wildman–Crippen LogP) is 3.00. The molecule has 2 N–H and O–H groups in total. The minimum absolute atomic E-state index is 0.0368. The Labute approximate surface area is 172 Å². The summed E-state index contributed by atoms with van der Waals surface area (Å²) >= 11 is 3.36. The van der Waals surface area contributed by atoms with Crippen molar-refractivity contribution in [1.82, 2.24) is 20.6 Å². The molecule has 2 aromatic heterocycles. The molecule has 0 bridgehead atoms. The molecule has 0 aliphatic rings. The summed E-state index contributed by atoms with van der Waals surface area (Å²) in [6.45, 7) is 2.07. The molecule has 0 spiro atoms. The summed E-state index contributed by atoms with van der Waals surface area (Å²) in [4.78, 5) is 37.4. The molecule has 0 aliphatic heterocycles. The van der Waals surface area contributed by atoms with Crippen LogP contribution in [0.5, 0.6) is 0 Å². The highest BCUT2D eigenvalue weighted by Gasteiger charge is 2.18. The number of nitrogens with zero attached hydrogens (tertiary/aromatic N) is 2. The number of aryl methyl sites for hydroxylation is 1. The van der Waals surface area contributed by atoms with Gasteiger partial charge in [0.1, 0.15) is 5.58 Å². The van der Waals surface area contributed by atoms with Crippen LogP contribution in [-0.2, 0) is 6.54 Å². The monoisotopic (exact) mass is 454 g/mol. The molecule has 146 valence electrons. The van der Waals surface area contributed by atoms with Gasteiger partial charge in [0.15, 0.2) is 11.5 Å². The van der Waals surface area contributed by atoms with Crippen molar-refractivity contribution in [2.24, 2.45) is 0 Å². The molecular formula is C20H15BrN4O4. The number of aromatic nitrogens is 2. The number of rotatable bonds is 3. The molecule has 9 heteroatoms. The van der Waals surface area contributed by atoms with E-state index < -0.39 is 11.8 Å². The summed E-state index contributed by atoms with van der Waals surface area (Å²) in [5, 5.41) is 5.66. The molecule has 8 nitrogen and oxygen atoms in total. The van der Waals surface area contributed by atoms with E-state index in [9.17, 15) is 14.4 Å². The van der Waals surface area contributed by atoms with Crippen molar-refractivity contribution in [1.29, 1.82) is 0 Å². The number of hydrazine groups is 1. The van der Waals surface area contributed by atoms with E-state index in [1.54, 1.807) is 43.3 Å². The summed E-state index contributed by atoms with van der Waals surface area (Å²) in [5.74, 6) is -1.22. The van der Waals surface area contributed by atoms with E-state index in [4.69, 9.17) is 4.42 Å². The van der Waals surface area contributed by atoms with Crippen LogP contribution in [0.2, 0.25) is 0 Å². The van der Waals surface area contributed by atoms with Gasteiger partial charge in [-0.1, -0.05) is 30.3 Å². The SMILES string of the molecule is CCn1nc(C(=O)NNC(=O)c2cc3cccc(Br)c3o2)c2ccccc2c1=O. The van der Waals surface area contributed by atoms with Crippen LogP contribution in [0.1, 0.15) is 28.0 Å². The highest BCUT2D eigenvalue weighted by atomic mass is 79.9. The second-order valence-electron chi connectivity index (χ2n) is 6.19. The van der Waals surface area contributed by atoms with Gasteiger partial charge in [-0.3, -0.25) is 25.2 Å². The van der Waals surface area contributed by atoms with Gasteiger partial charge in [0, 0.05) is 17.3 Å². The fourth-order valence-corrected chi connectivity index (χ4v) is 3.45. The number of hydrogen-bond donors (Lipinski definition) is 2. The van der Waals surface area contributed by atoms with Gasteiger partial charge >= 0.3 is 5.91 Å². The molecule has 29 heavy (non-hydrogen) atoms. The Balaban J connectivity index is 1.59. The molecule has 0 aliphatic carbocycles. The average Bonchev–Trinajstić information content (AvgIpc) is 3.18. The number of hydrogen-bond acceptors (Lipinski definition) is 5. The molecule has 2 amide bonds. The topological polar surface area (TPSA) is 106 Å². The molecule has 2 aromatic carbocycles. The van der Waals surface area contributed by atoms with E-state index in [2.05, 4.69) is 31.9 Å². The van der Waals surface area contributed by atoms with Gasteiger partial charge < -0.3 is 4.42 Å². The van der Waals surface area contributed by atoms with E-state index in [0.717, 1.165) is 9.86 Å². The summed E-state index contributed by atoms with van der Waals surface area (Å²) < 4.78 is 7.47. The number of fused-ring (bicyclic) bond motifs is 2. The first-order valence-corrected chi connectivity index (χ1v) is 9.57. The van der Waals surface area contributed by atoms with Crippen molar-refractivity contribution in [3.05, 3.63) is 74.8 Å². The first-order valence-electron chi connectivity index (χ1n) is 8.78. The molecule has 0 unspecified atom stereocenters. The highest BCUT2D eigenvalue weighted by Crippen LogP contribution is 2.26. The molecule has 0 fully saturated rings. The Bertz CT molecular complexity index is 1330. The fraction of sp³-hybridized carbons (Fsp3) is 0.100. The number of carbonyl (C=O) groups is 2. The van der Waals surface area contributed by atoms with Gasteiger partial charge in [-0.25, -0.2) is 4.68 Å². The standard InChI is InChI=1S/C20H15BrN4O4/c1-2-25-20(28)13-8-4-3-7-12(13)16(24-25)19(27)23-22-18(26)15-10-11-6-5-9-14(21)17(11)29-15/h3-10H,2H2,1H3,(H,22,26)(H,23,27). The van der Waals surface area contributed by atoms with Crippen LogP contribution in [0.25, 0.3) is 21.7 Å². The Morgan fingerprint density at radius 2 is 1.79 bits per heavy atom. The number of benzene rings is 2. The zero-order valence-corrected chi connectivity index (χ0v) is 16.8. The minimum Gasteiger partial charge on any atom is -0.450 e. The van der Waals surface area contributed by atoms with Crippen LogP contribution < -0.4 is 16.4 Å². The lowest BCUT2D eigenvalue weighted by Crippen LogP contribution is -2.42. The maximum absolute atomic E-state index is 12.7. The molecule has 2 heterocycles. The lowest BCUT2D eigenvalue weighted by Gasteiger charge is -2.10. The molecule has 0 atom stereocenters. The Kier molecular flexibility index (Phi) is 4.89. The van der Waals surface area contributed by atoms with Gasteiger partial charge in [-0.05, 0) is 41.1 Å². The van der Waals surface area contributed by atoms with Crippen LogP contribution in [0, 0.1) is 0 Å². The van der Waals surface area contributed by atoms with Crippen molar-refractivity contribution in [3.63, 3.8) is 0 Å². The van der Waals surface area contributed by atoms with E-state index in [-0.39, 0.29) is 17.0 Å². The van der Waals surface area contributed by atoms with Gasteiger partial charge in [0.25, 0.3) is 11.5 Å². The van der Waals surface area contributed by atoms with Crippen molar-refractivity contribution < 1.29 is 14.0 Å². The van der Waals surface area contributed by atoms with Crippen LogP contribution in [0.4, 0.5) is 0 Å². The Morgan fingerprint density at radius 1 is 1.07 bits per heavy atom. The van der Waals surface area contributed by atoms with E-state index in [1.807, 2.05) is 12.1 Å². The summed E-state index contributed by atoms with van der Waals surface area (Å²) in [5.41, 5.74) is 4.94. The number of para-hydroxylation sites is 1. The van der Waals surface area contributed by atoms with Crippen molar-refractivity contribution in [2.45, 2.75) is 13.5 Å². The quantitative estimate of drug-likeness (QED) is 0.462. The zero-order valence-electron chi connectivity index (χ0n) is 15.2. The number of halogens is 1. The Morgan fingerprint density at radius 3 is 2.52 bits per heavy atom. The van der Waals surface area contributed by atoms with Crippen LogP contribution in [-0.4, -0.2) is 21.6 Å². The average molecular weight is 455 g/mol. The van der Waals surface area contributed by atoms with Gasteiger partial charge in [-0.2, -0.15) is 5.10 Å². The number of furan rings is 1. The molecule has 0 saturated carbocycles. The van der Waals surface area contributed by atoms with Crippen molar-refractivity contribution >= 4 is 49.5 Å². The van der Waals surface area contributed by atoms with E-state index >= 15 is 0 Å². The maximum atomic E-state index is 12.7. The summed E-state index contributed by atoms with van der Waals surface area (Å²) in [6, 6.07) is 13.7. The van der Waals surface area contributed by atoms with Crippen LogP contribution in [0.15, 0.2) is 62.2 Å². The lowest BCUT2D eigenvalue weighted by atomic mass is 10.1. The summed E-state index contributed by atoms with van der Waals surface area (Å²) in [6.07, 6.45) is 0.